The third-order valence-electron chi connectivity index (χ3n) is 0.810. The molecule has 0 aromatic carbocycles. The SMILES string of the molecule is C=CCNC(N)=NCCS. The smallest absolute Gasteiger partial charge is 0.188 e. The van der Waals surface area contributed by atoms with Crippen molar-refractivity contribution in [3.05, 3.63) is 12.7 Å². The van der Waals surface area contributed by atoms with Crippen LogP contribution in [0.3, 0.4) is 0 Å². The average molecular weight is 159 g/mol. The summed E-state index contributed by atoms with van der Waals surface area (Å²) >= 11 is 3.98. The zero-order valence-electron chi connectivity index (χ0n) is 5.88. The third-order valence-corrected chi connectivity index (χ3v) is 1.01. The summed E-state index contributed by atoms with van der Waals surface area (Å²) < 4.78 is 0. The zero-order valence-corrected chi connectivity index (χ0v) is 6.77. The second-order valence-electron chi connectivity index (χ2n) is 1.66. The molecule has 3 nitrogen and oxygen atoms in total. The van der Waals surface area contributed by atoms with Gasteiger partial charge in [0.15, 0.2) is 5.96 Å². The number of hydrogen-bond acceptors (Lipinski definition) is 2. The molecule has 0 heterocycles. The number of hydrogen-bond donors (Lipinski definition) is 3. The Balaban J connectivity index is 3.38. The molecule has 0 aliphatic rings. The molecule has 0 aliphatic heterocycles. The Morgan fingerprint density at radius 3 is 3.00 bits per heavy atom. The largest absolute Gasteiger partial charge is 0.370 e. The summed E-state index contributed by atoms with van der Waals surface area (Å²) in [7, 11) is 0. The minimum atomic E-state index is 0.453. The first-order valence-electron chi connectivity index (χ1n) is 3.06. The number of rotatable bonds is 4. The van der Waals surface area contributed by atoms with E-state index < -0.39 is 0 Å². The van der Waals surface area contributed by atoms with Gasteiger partial charge in [0.1, 0.15) is 0 Å². The van der Waals surface area contributed by atoms with Gasteiger partial charge in [-0.15, -0.1) is 6.58 Å². The lowest BCUT2D eigenvalue weighted by atomic mass is 10.6. The second-order valence-corrected chi connectivity index (χ2v) is 2.11. The maximum Gasteiger partial charge on any atom is 0.188 e. The monoisotopic (exact) mass is 159 g/mol. The summed E-state index contributed by atoms with van der Waals surface area (Å²) in [6.45, 7) is 4.83. The Bertz CT molecular complexity index is 122. The molecule has 0 aliphatic carbocycles. The van der Waals surface area contributed by atoms with Gasteiger partial charge in [0.2, 0.25) is 0 Å². The molecular weight excluding hydrogens is 146 g/mol. The molecule has 4 heteroatoms. The number of aliphatic imine (C=N–C) groups is 1. The van der Waals surface area contributed by atoms with E-state index in [1.54, 1.807) is 6.08 Å². The summed E-state index contributed by atoms with van der Waals surface area (Å²) in [4.78, 5) is 3.94. The molecule has 0 aromatic rings. The molecule has 0 bridgehead atoms. The van der Waals surface area contributed by atoms with Crippen LogP contribution in [0.1, 0.15) is 0 Å². The highest BCUT2D eigenvalue weighted by molar-refractivity contribution is 7.80. The number of nitrogens with two attached hydrogens (primary N) is 1. The van der Waals surface area contributed by atoms with Crippen molar-refractivity contribution < 1.29 is 0 Å². The fourth-order valence-corrected chi connectivity index (χ4v) is 0.503. The van der Waals surface area contributed by atoms with Crippen molar-refractivity contribution in [3.8, 4) is 0 Å². The first kappa shape index (κ1) is 9.36. The maximum absolute atomic E-state index is 5.40. The Kier molecular flexibility index (Phi) is 6.06. The van der Waals surface area contributed by atoms with Crippen LogP contribution in [-0.2, 0) is 0 Å². The molecule has 0 amide bonds. The van der Waals surface area contributed by atoms with E-state index in [0.717, 1.165) is 5.75 Å². The molecule has 3 N–H and O–H groups in total. The normalized spacial score (nSPS) is 11.1. The molecule has 58 valence electrons. The maximum atomic E-state index is 5.40. The number of guanidine groups is 1. The summed E-state index contributed by atoms with van der Waals surface area (Å²) in [6.07, 6.45) is 1.73. The molecule has 0 unspecified atom stereocenters. The fourth-order valence-electron chi connectivity index (χ4n) is 0.403. The molecule has 0 aromatic heterocycles. The minimum Gasteiger partial charge on any atom is -0.370 e. The lowest BCUT2D eigenvalue weighted by Crippen LogP contribution is -2.31. The predicted octanol–water partition coefficient (Wildman–Crippen LogP) is 0.00650. The van der Waals surface area contributed by atoms with Crippen LogP contribution in [0.4, 0.5) is 0 Å². The number of nitrogens with zero attached hydrogens (tertiary/aromatic N) is 1. The van der Waals surface area contributed by atoms with E-state index in [0.29, 0.717) is 19.0 Å². The van der Waals surface area contributed by atoms with Crippen molar-refractivity contribution >= 4 is 18.6 Å². The Morgan fingerprint density at radius 1 is 1.80 bits per heavy atom. The van der Waals surface area contributed by atoms with E-state index in [4.69, 9.17) is 5.73 Å². The van der Waals surface area contributed by atoms with Crippen LogP contribution < -0.4 is 11.1 Å². The quantitative estimate of drug-likeness (QED) is 0.234. The van der Waals surface area contributed by atoms with Crippen molar-refractivity contribution in [1.82, 2.24) is 5.32 Å². The summed E-state index contributed by atoms with van der Waals surface area (Å²) in [5.74, 6) is 1.17. The molecule has 0 saturated heterocycles. The van der Waals surface area contributed by atoms with Gasteiger partial charge in [0.25, 0.3) is 0 Å². The molecular formula is C6H13N3S. The number of thiol groups is 1. The van der Waals surface area contributed by atoms with Gasteiger partial charge in [-0.05, 0) is 0 Å². The van der Waals surface area contributed by atoms with Crippen LogP contribution in [-0.4, -0.2) is 24.8 Å². The number of nitrogens with one attached hydrogen (secondary N) is 1. The van der Waals surface area contributed by atoms with Crippen molar-refractivity contribution in [1.29, 1.82) is 0 Å². The Labute approximate surface area is 66.8 Å². The van der Waals surface area contributed by atoms with E-state index >= 15 is 0 Å². The van der Waals surface area contributed by atoms with E-state index in [-0.39, 0.29) is 0 Å². The van der Waals surface area contributed by atoms with Gasteiger partial charge in [-0.1, -0.05) is 6.08 Å². The van der Waals surface area contributed by atoms with Crippen LogP contribution >= 0.6 is 12.6 Å². The highest BCUT2D eigenvalue weighted by atomic mass is 32.1. The predicted molar refractivity (Wildman–Crippen MR) is 48.5 cm³/mol. The van der Waals surface area contributed by atoms with Gasteiger partial charge < -0.3 is 11.1 Å². The van der Waals surface area contributed by atoms with Crippen LogP contribution in [0, 0.1) is 0 Å². The Morgan fingerprint density at radius 2 is 2.50 bits per heavy atom. The van der Waals surface area contributed by atoms with Crippen LogP contribution in [0.15, 0.2) is 17.6 Å². The Hall–Kier alpha value is -0.640. The van der Waals surface area contributed by atoms with E-state index in [9.17, 15) is 0 Å². The lowest BCUT2D eigenvalue weighted by Gasteiger charge is -1.99. The lowest BCUT2D eigenvalue weighted by molar-refractivity contribution is 0.993. The van der Waals surface area contributed by atoms with Crippen LogP contribution in [0.5, 0.6) is 0 Å². The molecule has 0 rings (SSSR count). The van der Waals surface area contributed by atoms with E-state index in [2.05, 4.69) is 29.5 Å². The van der Waals surface area contributed by atoms with E-state index in [1.165, 1.54) is 0 Å². The third kappa shape index (κ3) is 5.50. The highest BCUT2D eigenvalue weighted by Gasteiger charge is 1.84. The summed E-state index contributed by atoms with van der Waals surface area (Å²) in [6, 6.07) is 0. The van der Waals surface area contributed by atoms with Gasteiger partial charge in [0.05, 0.1) is 6.54 Å². The molecule has 0 fully saturated rings. The first-order chi connectivity index (χ1) is 4.81. The van der Waals surface area contributed by atoms with Crippen LogP contribution in [0.25, 0.3) is 0 Å². The van der Waals surface area contributed by atoms with Crippen molar-refractivity contribution in [3.63, 3.8) is 0 Å². The summed E-state index contributed by atoms with van der Waals surface area (Å²) in [5, 5.41) is 2.84. The first-order valence-corrected chi connectivity index (χ1v) is 3.70. The van der Waals surface area contributed by atoms with E-state index in [1.807, 2.05) is 0 Å². The molecule has 0 atom stereocenters. The van der Waals surface area contributed by atoms with Crippen molar-refractivity contribution in [2.45, 2.75) is 0 Å². The minimum absolute atomic E-state index is 0.453. The van der Waals surface area contributed by atoms with Gasteiger partial charge in [-0.2, -0.15) is 12.6 Å². The van der Waals surface area contributed by atoms with Gasteiger partial charge in [-0.25, -0.2) is 0 Å². The molecule has 10 heavy (non-hydrogen) atoms. The standard InChI is InChI=1S/C6H13N3S/c1-2-3-8-6(7)9-4-5-10/h2,10H,1,3-5H2,(H3,7,8,9). The molecule has 0 spiro atoms. The molecule has 0 radical (unpaired) electrons. The summed E-state index contributed by atoms with van der Waals surface area (Å²) in [5.41, 5.74) is 5.40. The van der Waals surface area contributed by atoms with Crippen LogP contribution in [0.2, 0.25) is 0 Å². The van der Waals surface area contributed by atoms with Crippen molar-refractivity contribution in [2.24, 2.45) is 10.7 Å². The zero-order chi connectivity index (χ0) is 7.82. The van der Waals surface area contributed by atoms with Gasteiger partial charge in [-0.3, -0.25) is 4.99 Å². The van der Waals surface area contributed by atoms with Crippen molar-refractivity contribution in [2.75, 3.05) is 18.8 Å². The topological polar surface area (TPSA) is 50.4 Å². The molecule has 0 saturated carbocycles. The van der Waals surface area contributed by atoms with Gasteiger partial charge >= 0.3 is 0 Å². The second kappa shape index (κ2) is 6.48. The van der Waals surface area contributed by atoms with Gasteiger partial charge in [0, 0.05) is 12.3 Å². The average Bonchev–Trinajstić information content (AvgIpc) is 1.97. The fraction of sp³-hybridized carbons (Fsp3) is 0.500. The highest BCUT2D eigenvalue weighted by Crippen LogP contribution is 1.74.